The highest BCUT2D eigenvalue weighted by molar-refractivity contribution is 7.99. The van der Waals surface area contributed by atoms with Gasteiger partial charge in [0.25, 0.3) is 5.56 Å². The quantitative estimate of drug-likeness (QED) is 0.604. The minimum absolute atomic E-state index is 0.0691. The Morgan fingerprint density at radius 1 is 1.28 bits per heavy atom. The van der Waals surface area contributed by atoms with Crippen molar-refractivity contribution >= 4 is 39.2 Å². The third kappa shape index (κ3) is 4.73. The molecule has 2 N–H and O–H groups in total. The van der Waals surface area contributed by atoms with Crippen LogP contribution < -0.4 is 10.9 Å². The minimum Gasteiger partial charge on any atom is -0.352 e. The highest BCUT2D eigenvalue weighted by Crippen LogP contribution is 2.30. The lowest BCUT2D eigenvalue weighted by Gasteiger charge is -2.29. The van der Waals surface area contributed by atoms with Gasteiger partial charge in [0, 0.05) is 17.0 Å². The van der Waals surface area contributed by atoms with Crippen LogP contribution in [0.15, 0.2) is 40.5 Å². The standard InChI is InChI=1S/C22H25N3O2S2/c1-14-7-5-6-10-17(14)23-19(26)13-28-12-18-24-21(27)20-16(11-29-22(20)25-18)15-8-3-2-4-9-15/h2-4,8-9,11,14,17H,5-7,10,12-13H2,1H3,(H,23,26)(H,24,25,27). The third-order valence-electron chi connectivity index (χ3n) is 5.51. The Kier molecular flexibility index (Phi) is 6.35. The average molecular weight is 428 g/mol. The van der Waals surface area contributed by atoms with Crippen molar-refractivity contribution in [3.8, 4) is 11.1 Å². The molecule has 1 aliphatic carbocycles. The fourth-order valence-electron chi connectivity index (χ4n) is 3.91. The fraction of sp³-hybridized carbons (Fsp3) is 0.409. The summed E-state index contributed by atoms with van der Waals surface area (Å²) >= 11 is 2.97. The summed E-state index contributed by atoms with van der Waals surface area (Å²) in [5.74, 6) is 2.13. The summed E-state index contributed by atoms with van der Waals surface area (Å²) < 4.78 is 0. The zero-order valence-corrected chi connectivity index (χ0v) is 18.1. The van der Waals surface area contributed by atoms with Crippen molar-refractivity contribution in [1.82, 2.24) is 15.3 Å². The smallest absolute Gasteiger partial charge is 0.260 e. The molecule has 4 rings (SSSR count). The normalized spacial score (nSPS) is 19.3. The summed E-state index contributed by atoms with van der Waals surface area (Å²) in [6.45, 7) is 2.21. The van der Waals surface area contributed by atoms with Gasteiger partial charge in [0.15, 0.2) is 0 Å². The zero-order chi connectivity index (χ0) is 20.2. The number of amides is 1. The first kappa shape index (κ1) is 20.2. The number of nitrogens with zero attached hydrogens (tertiary/aromatic N) is 1. The van der Waals surface area contributed by atoms with E-state index >= 15 is 0 Å². The van der Waals surface area contributed by atoms with Crippen molar-refractivity contribution in [3.05, 3.63) is 51.9 Å². The van der Waals surface area contributed by atoms with Gasteiger partial charge in [-0.25, -0.2) is 4.98 Å². The molecule has 0 saturated heterocycles. The molecule has 29 heavy (non-hydrogen) atoms. The van der Waals surface area contributed by atoms with Crippen molar-refractivity contribution in [2.75, 3.05) is 5.75 Å². The van der Waals surface area contributed by atoms with Crippen LogP contribution in [0.1, 0.15) is 38.4 Å². The summed E-state index contributed by atoms with van der Waals surface area (Å²) in [6, 6.07) is 10.2. The summed E-state index contributed by atoms with van der Waals surface area (Å²) in [6.07, 6.45) is 4.72. The largest absolute Gasteiger partial charge is 0.352 e. The number of aromatic nitrogens is 2. The number of fused-ring (bicyclic) bond motifs is 1. The van der Waals surface area contributed by atoms with E-state index in [1.54, 1.807) is 0 Å². The molecule has 1 aliphatic rings. The Labute approximate surface area is 178 Å². The monoisotopic (exact) mass is 427 g/mol. The van der Waals surface area contributed by atoms with E-state index in [9.17, 15) is 9.59 Å². The maximum atomic E-state index is 12.7. The fourth-order valence-corrected chi connectivity index (χ4v) is 5.58. The second-order valence-corrected chi connectivity index (χ2v) is 9.48. The molecule has 0 radical (unpaired) electrons. The first-order chi connectivity index (χ1) is 14.1. The summed E-state index contributed by atoms with van der Waals surface area (Å²) in [5.41, 5.74) is 1.81. The van der Waals surface area contributed by atoms with Gasteiger partial charge in [-0.15, -0.1) is 23.1 Å². The van der Waals surface area contributed by atoms with Crippen LogP contribution in [-0.4, -0.2) is 27.7 Å². The van der Waals surface area contributed by atoms with Crippen LogP contribution in [0.25, 0.3) is 21.3 Å². The number of thioether (sulfide) groups is 1. The van der Waals surface area contributed by atoms with Gasteiger partial charge < -0.3 is 10.3 Å². The Bertz CT molecular complexity index is 1050. The van der Waals surface area contributed by atoms with Gasteiger partial charge in [-0.05, 0) is 24.3 Å². The SMILES string of the molecule is CC1CCCCC1NC(=O)CSCc1nc2scc(-c3ccccc3)c2c(=O)[nH]1. The maximum absolute atomic E-state index is 12.7. The predicted octanol–water partition coefficient (Wildman–Crippen LogP) is 4.58. The van der Waals surface area contributed by atoms with Gasteiger partial charge >= 0.3 is 0 Å². The Hall–Kier alpha value is -2.12. The Morgan fingerprint density at radius 3 is 2.86 bits per heavy atom. The van der Waals surface area contributed by atoms with Crippen molar-refractivity contribution in [2.24, 2.45) is 5.92 Å². The maximum Gasteiger partial charge on any atom is 0.260 e. The molecule has 0 bridgehead atoms. The van der Waals surface area contributed by atoms with Crippen LogP contribution in [0.4, 0.5) is 0 Å². The number of thiophene rings is 1. The molecule has 2 heterocycles. The van der Waals surface area contributed by atoms with E-state index in [0.717, 1.165) is 22.4 Å². The van der Waals surface area contributed by atoms with Crippen LogP contribution in [0.3, 0.4) is 0 Å². The molecule has 1 saturated carbocycles. The number of hydrogen-bond acceptors (Lipinski definition) is 5. The number of carbonyl (C=O) groups is 1. The Morgan fingerprint density at radius 2 is 2.07 bits per heavy atom. The van der Waals surface area contributed by atoms with E-state index in [4.69, 9.17) is 0 Å². The van der Waals surface area contributed by atoms with Crippen LogP contribution in [-0.2, 0) is 10.5 Å². The van der Waals surface area contributed by atoms with Crippen LogP contribution in [0.2, 0.25) is 0 Å². The van der Waals surface area contributed by atoms with Gasteiger partial charge in [0.05, 0.1) is 16.9 Å². The molecule has 7 heteroatoms. The van der Waals surface area contributed by atoms with Crippen molar-refractivity contribution < 1.29 is 4.79 Å². The number of aromatic amines is 1. The van der Waals surface area contributed by atoms with E-state index in [0.29, 0.717) is 34.7 Å². The van der Waals surface area contributed by atoms with E-state index in [1.165, 1.54) is 42.4 Å². The number of nitrogens with one attached hydrogen (secondary N) is 2. The van der Waals surface area contributed by atoms with Gasteiger partial charge in [-0.1, -0.05) is 50.1 Å². The van der Waals surface area contributed by atoms with Gasteiger partial charge in [-0.2, -0.15) is 0 Å². The van der Waals surface area contributed by atoms with Crippen molar-refractivity contribution in [2.45, 2.75) is 44.4 Å². The summed E-state index contributed by atoms with van der Waals surface area (Å²) in [7, 11) is 0. The summed E-state index contributed by atoms with van der Waals surface area (Å²) in [4.78, 5) is 33.2. The second kappa shape index (κ2) is 9.13. The van der Waals surface area contributed by atoms with E-state index in [2.05, 4.69) is 22.2 Å². The molecule has 5 nitrogen and oxygen atoms in total. The molecule has 3 aromatic rings. The van der Waals surface area contributed by atoms with Crippen LogP contribution in [0.5, 0.6) is 0 Å². The molecule has 0 aliphatic heterocycles. The molecule has 1 fully saturated rings. The third-order valence-corrected chi connectivity index (χ3v) is 7.32. The van der Waals surface area contributed by atoms with Crippen molar-refractivity contribution in [3.63, 3.8) is 0 Å². The second-order valence-electron chi connectivity index (χ2n) is 7.64. The van der Waals surface area contributed by atoms with Crippen LogP contribution >= 0.6 is 23.1 Å². The van der Waals surface area contributed by atoms with Gasteiger partial charge in [-0.3, -0.25) is 9.59 Å². The number of H-pyrrole nitrogens is 1. The molecule has 152 valence electrons. The Balaban J connectivity index is 1.39. The molecule has 2 atom stereocenters. The molecular formula is C22H25N3O2S2. The first-order valence-corrected chi connectivity index (χ1v) is 12.1. The predicted molar refractivity (Wildman–Crippen MR) is 121 cm³/mol. The van der Waals surface area contributed by atoms with Crippen LogP contribution in [0, 0.1) is 5.92 Å². The first-order valence-electron chi connectivity index (χ1n) is 10.0. The zero-order valence-electron chi connectivity index (χ0n) is 16.4. The van der Waals surface area contributed by atoms with E-state index in [1.807, 2.05) is 35.7 Å². The summed E-state index contributed by atoms with van der Waals surface area (Å²) in [5, 5.41) is 5.79. The van der Waals surface area contributed by atoms with Gasteiger partial charge in [0.2, 0.25) is 5.91 Å². The highest BCUT2D eigenvalue weighted by Gasteiger charge is 2.22. The molecule has 1 amide bonds. The lowest BCUT2D eigenvalue weighted by molar-refractivity contribution is -0.119. The lowest BCUT2D eigenvalue weighted by atomic mass is 9.86. The highest BCUT2D eigenvalue weighted by atomic mass is 32.2. The van der Waals surface area contributed by atoms with E-state index < -0.39 is 0 Å². The lowest BCUT2D eigenvalue weighted by Crippen LogP contribution is -2.41. The molecule has 1 aromatic carbocycles. The number of hydrogen-bond donors (Lipinski definition) is 2. The number of carbonyl (C=O) groups excluding carboxylic acids is 1. The molecule has 2 unspecified atom stereocenters. The topological polar surface area (TPSA) is 74.8 Å². The number of benzene rings is 1. The minimum atomic E-state index is -0.119. The molecule has 0 spiro atoms. The number of rotatable bonds is 6. The van der Waals surface area contributed by atoms with Gasteiger partial charge in [0.1, 0.15) is 10.7 Å². The molecular weight excluding hydrogens is 402 g/mol. The van der Waals surface area contributed by atoms with Crippen molar-refractivity contribution in [1.29, 1.82) is 0 Å². The molecule has 2 aromatic heterocycles. The van der Waals surface area contributed by atoms with E-state index in [-0.39, 0.29) is 11.5 Å². The average Bonchev–Trinajstić information content (AvgIpc) is 3.15.